The van der Waals surface area contributed by atoms with Gasteiger partial charge in [-0.2, -0.15) is 0 Å². The second-order valence-electron chi connectivity index (χ2n) is 6.47. The second-order valence-corrected chi connectivity index (χ2v) is 6.47. The van der Waals surface area contributed by atoms with Crippen molar-refractivity contribution in [3.8, 4) is 0 Å². The number of anilines is 1. The van der Waals surface area contributed by atoms with Gasteiger partial charge in [0.1, 0.15) is 0 Å². The molecule has 0 bridgehead atoms. The van der Waals surface area contributed by atoms with E-state index < -0.39 is 0 Å². The molecule has 0 aromatic carbocycles. The lowest BCUT2D eigenvalue weighted by atomic mass is 9.69. The van der Waals surface area contributed by atoms with Crippen LogP contribution < -0.4 is 5.73 Å². The van der Waals surface area contributed by atoms with Gasteiger partial charge in [-0.05, 0) is 43.9 Å². The lowest BCUT2D eigenvalue weighted by Crippen LogP contribution is -2.25. The van der Waals surface area contributed by atoms with Gasteiger partial charge in [0.25, 0.3) is 0 Å². The summed E-state index contributed by atoms with van der Waals surface area (Å²) in [5, 5.41) is 4.13. The van der Waals surface area contributed by atoms with Crippen LogP contribution in [0.3, 0.4) is 0 Å². The predicted molar refractivity (Wildman–Crippen MR) is 69.8 cm³/mol. The number of nitrogen functional groups attached to an aromatic ring is 1. The van der Waals surface area contributed by atoms with E-state index in [2.05, 4.69) is 25.9 Å². The van der Waals surface area contributed by atoms with E-state index in [4.69, 9.17) is 10.3 Å². The molecule has 96 valence electrons. The fourth-order valence-corrected chi connectivity index (χ4v) is 2.98. The molecule has 3 nitrogen and oxygen atoms in total. The largest absolute Gasteiger partial charge is 0.367 e. The van der Waals surface area contributed by atoms with Gasteiger partial charge in [0.2, 0.25) is 5.88 Å². The van der Waals surface area contributed by atoms with Crippen molar-refractivity contribution in [3.05, 3.63) is 11.3 Å². The molecule has 0 unspecified atom stereocenters. The van der Waals surface area contributed by atoms with Crippen LogP contribution in [0.5, 0.6) is 0 Å². The molecule has 0 amide bonds. The third kappa shape index (κ3) is 2.48. The van der Waals surface area contributed by atoms with Crippen molar-refractivity contribution in [1.29, 1.82) is 0 Å². The van der Waals surface area contributed by atoms with E-state index in [0.717, 1.165) is 17.2 Å². The van der Waals surface area contributed by atoms with E-state index in [1.165, 1.54) is 25.7 Å². The van der Waals surface area contributed by atoms with Crippen LogP contribution in [-0.4, -0.2) is 5.16 Å². The van der Waals surface area contributed by atoms with E-state index in [-0.39, 0.29) is 0 Å². The summed E-state index contributed by atoms with van der Waals surface area (Å²) in [6.07, 6.45) is 5.02. The maximum atomic E-state index is 5.71. The molecule has 1 aromatic rings. The number of rotatable bonds is 1. The van der Waals surface area contributed by atoms with Crippen LogP contribution in [0.2, 0.25) is 0 Å². The zero-order valence-corrected chi connectivity index (χ0v) is 11.4. The van der Waals surface area contributed by atoms with Gasteiger partial charge in [-0.1, -0.05) is 25.9 Å². The predicted octanol–water partition coefficient (Wildman–Crippen LogP) is 3.89. The fraction of sp³-hybridized carbons (Fsp3) is 0.786. The molecule has 17 heavy (non-hydrogen) atoms. The number of nitrogens with two attached hydrogens (primary N) is 1. The van der Waals surface area contributed by atoms with Crippen molar-refractivity contribution in [1.82, 2.24) is 5.16 Å². The van der Waals surface area contributed by atoms with E-state index in [0.29, 0.717) is 17.2 Å². The van der Waals surface area contributed by atoms with Crippen molar-refractivity contribution < 1.29 is 4.52 Å². The Labute approximate surface area is 104 Å². The number of hydrogen-bond acceptors (Lipinski definition) is 3. The lowest BCUT2D eigenvalue weighted by Gasteiger charge is -2.36. The molecular formula is C14H24N2O. The first kappa shape index (κ1) is 12.5. The van der Waals surface area contributed by atoms with Crippen molar-refractivity contribution >= 4 is 5.88 Å². The summed E-state index contributed by atoms with van der Waals surface area (Å²) in [4.78, 5) is 0. The summed E-state index contributed by atoms with van der Waals surface area (Å²) in [7, 11) is 0. The summed E-state index contributed by atoms with van der Waals surface area (Å²) < 4.78 is 5.07. The highest BCUT2D eigenvalue weighted by Gasteiger charge is 2.32. The highest BCUT2D eigenvalue weighted by Crippen LogP contribution is 2.43. The topological polar surface area (TPSA) is 52.0 Å². The highest BCUT2D eigenvalue weighted by molar-refractivity contribution is 5.39. The monoisotopic (exact) mass is 236 g/mol. The van der Waals surface area contributed by atoms with Gasteiger partial charge in [-0.15, -0.1) is 0 Å². The molecule has 1 aliphatic rings. The Hall–Kier alpha value is -0.990. The SMILES string of the molecule is Cc1c(C2CCC(C(C)(C)C)CC2)noc1N. The molecule has 1 saturated carbocycles. The molecule has 0 radical (unpaired) electrons. The molecule has 1 fully saturated rings. The third-order valence-corrected chi connectivity index (χ3v) is 4.33. The number of hydrogen-bond donors (Lipinski definition) is 1. The quantitative estimate of drug-likeness (QED) is 0.805. The Morgan fingerprint density at radius 1 is 1.18 bits per heavy atom. The van der Waals surface area contributed by atoms with Crippen molar-refractivity contribution in [3.63, 3.8) is 0 Å². The van der Waals surface area contributed by atoms with Crippen LogP contribution in [-0.2, 0) is 0 Å². The van der Waals surface area contributed by atoms with Gasteiger partial charge in [0.15, 0.2) is 0 Å². The Bertz CT molecular complexity index is 381. The molecule has 2 rings (SSSR count). The minimum absolute atomic E-state index is 0.433. The van der Waals surface area contributed by atoms with Gasteiger partial charge in [0.05, 0.1) is 5.69 Å². The van der Waals surface area contributed by atoms with E-state index >= 15 is 0 Å². The zero-order chi connectivity index (χ0) is 12.6. The first-order chi connectivity index (χ1) is 7.89. The van der Waals surface area contributed by atoms with Crippen molar-refractivity contribution in [2.75, 3.05) is 5.73 Å². The summed E-state index contributed by atoms with van der Waals surface area (Å²) >= 11 is 0. The van der Waals surface area contributed by atoms with Crippen LogP contribution in [0.25, 0.3) is 0 Å². The minimum atomic E-state index is 0.433. The van der Waals surface area contributed by atoms with Crippen LogP contribution in [0, 0.1) is 18.3 Å². The van der Waals surface area contributed by atoms with Gasteiger partial charge < -0.3 is 10.3 Å². The molecule has 1 aliphatic carbocycles. The first-order valence-electron chi connectivity index (χ1n) is 6.61. The normalized spacial score (nSPS) is 26.1. The second kappa shape index (κ2) is 4.35. The van der Waals surface area contributed by atoms with Gasteiger partial charge >= 0.3 is 0 Å². The summed E-state index contributed by atoms with van der Waals surface area (Å²) in [5.41, 5.74) is 8.29. The standard InChI is InChI=1S/C14H24N2O/c1-9-12(16-17-13(9)15)10-5-7-11(8-6-10)14(2,3)4/h10-11H,5-8,15H2,1-4H3. The van der Waals surface area contributed by atoms with E-state index in [1.807, 2.05) is 6.92 Å². The third-order valence-electron chi connectivity index (χ3n) is 4.33. The zero-order valence-electron chi connectivity index (χ0n) is 11.4. The fourth-order valence-electron chi connectivity index (χ4n) is 2.98. The van der Waals surface area contributed by atoms with Gasteiger partial charge in [-0.25, -0.2) is 0 Å². The molecule has 1 heterocycles. The molecule has 2 N–H and O–H groups in total. The van der Waals surface area contributed by atoms with Crippen LogP contribution in [0.1, 0.15) is 63.6 Å². The Morgan fingerprint density at radius 2 is 1.76 bits per heavy atom. The molecule has 0 saturated heterocycles. The average molecular weight is 236 g/mol. The maximum absolute atomic E-state index is 5.71. The molecule has 1 aromatic heterocycles. The molecule has 0 spiro atoms. The van der Waals surface area contributed by atoms with Gasteiger partial charge in [-0.3, -0.25) is 0 Å². The number of nitrogens with zero attached hydrogens (tertiary/aromatic N) is 1. The molecule has 3 heteroatoms. The highest BCUT2D eigenvalue weighted by atomic mass is 16.5. The van der Waals surface area contributed by atoms with Crippen LogP contribution in [0.4, 0.5) is 5.88 Å². The summed E-state index contributed by atoms with van der Waals surface area (Å²) in [6, 6.07) is 0. The Kier molecular flexibility index (Phi) is 3.19. The number of aromatic nitrogens is 1. The van der Waals surface area contributed by atoms with Crippen LogP contribution in [0.15, 0.2) is 4.52 Å². The maximum Gasteiger partial charge on any atom is 0.225 e. The van der Waals surface area contributed by atoms with Crippen molar-refractivity contribution in [2.45, 2.75) is 59.3 Å². The van der Waals surface area contributed by atoms with Gasteiger partial charge in [0, 0.05) is 11.5 Å². The van der Waals surface area contributed by atoms with Crippen LogP contribution >= 0.6 is 0 Å². The smallest absolute Gasteiger partial charge is 0.225 e. The molecule has 0 aliphatic heterocycles. The van der Waals surface area contributed by atoms with Crippen molar-refractivity contribution in [2.24, 2.45) is 11.3 Å². The average Bonchev–Trinajstić information content (AvgIpc) is 2.59. The van der Waals surface area contributed by atoms with E-state index in [9.17, 15) is 0 Å². The minimum Gasteiger partial charge on any atom is -0.367 e. The Balaban J connectivity index is 2.02. The lowest BCUT2D eigenvalue weighted by molar-refractivity contribution is 0.167. The summed E-state index contributed by atoms with van der Waals surface area (Å²) in [5.74, 6) is 1.87. The molecular weight excluding hydrogens is 212 g/mol. The molecule has 0 atom stereocenters. The first-order valence-corrected chi connectivity index (χ1v) is 6.61. The van der Waals surface area contributed by atoms with E-state index in [1.54, 1.807) is 0 Å². The Morgan fingerprint density at radius 3 is 2.18 bits per heavy atom. The summed E-state index contributed by atoms with van der Waals surface area (Å²) in [6.45, 7) is 9.04.